The van der Waals surface area contributed by atoms with E-state index in [4.69, 9.17) is 4.74 Å². The summed E-state index contributed by atoms with van der Waals surface area (Å²) in [6, 6.07) is 29.8. The standard InChI is InChI=1S/C36H28N2O4/c1-2-22-42-29-19-11-8-16-26(29)33(40)30-31(32(39)24-13-4-3-5-14-24)38-21-20-23-12-6-7-15-25(23)34(38)36(30)27-17-9-10-18-28(27)37-35(36)41/h2-21,30-31,34H,1,22H2,(H,37,41)/t30-,31+,34+,36-/m0/s1. The van der Waals surface area contributed by atoms with Crippen LogP contribution in [0.4, 0.5) is 5.69 Å². The normalized spacial score (nSPS) is 23.1. The molecule has 6 heteroatoms. The molecule has 0 unspecified atom stereocenters. The summed E-state index contributed by atoms with van der Waals surface area (Å²) < 4.78 is 5.92. The van der Waals surface area contributed by atoms with Crippen molar-refractivity contribution in [3.8, 4) is 5.75 Å². The molecule has 1 spiro atoms. The maximum Gasteiger partial charge on any atom is 0.238 e. The van der Waals surface area contributed by atoms with Gasteiger partial charge in [0.05, 0.1) is 17.5 Å². The fourth-order valence-corrected chi connectivity index (χ4v) is 7.05. The molecule has 4 aromatic carbocycles. The SMILES string of the molecule is C=CCOc1ccccc1C(=O)[C@@H]1[C@H](C(=O)c2ccccc2)N2C=Cc3ccccc3[C@@H]2[C@@]12C(=O)Nc1ccccc12. The predicted octanol–water partition coefficient (Wildman–Crippen LogP) is 6.23. The number of hydrogen-bond donors (Lipinski definition) is 1. The molecule has 42 heavy (non-hydrogen) atoms. The number of carbonyl (C=O) groups excluding carboxylic acids is 3. The van der Waals surface area contributed by atoms with Gasteiger partial charge in [0.25, 0.3) is 0 Å². The van der Waals surface area contributed by atoms with E-state index < -0.39 is 23.4 Å². The van der Waals surface area contributed by atoms with Crippen LogP contribution in [0.1, 0.15) is 43.4 Å². The van der Waals surface area contributed by atoms with Crippen molar-refractivity contribution in [2.24, 2.45) is 5.92 Å². The molecule has 1 fully saturated rings. The van der Waals surface area contributed by atoms with Crippen LogP contribution in [0.3, 0.4) is 0 Å². The van der Waals surface area contributed by atoms with Crippen LogP contribution in [-0.2, 0) is 10.2 Å². The molecule has 0 aliphatic carbocycles. The minimum atomic E-state index is -1.39. The number of anilines is 1. The Balaban J connectivity index is 1.53. The third-order valence-corrected chi connectivity index (χ3v) is 8.69. The number of nitrogens with one attached hydrogen (secondary N) is 1. The molecule has 3 aliphatic heterocycles. The topological polar surface area (TPSA) is 75.7 Å². The van der Waals surface area contributed by atoms with Gasteiger partial charge in [-0.2, -0.15) is 0 Å². The molecule has 7 rings (SSSR count). The Morgan fingerprint density at radius 3 is 2.43 bits per heavy atom. The monoisotopic (exact) mass is 552 g/mol. The van der Waals surface area contributed by atoms with E-state index in [9.17, 15) is 9.59 Å². The van der Waals surface area contributed by atoms with Crippen molar-refractivity contribution in [2.75, 3.05) is 11.9 Å². The predicted molar refractivity (Wildman–Crippen MR) is 161 cm³/mol. The van der Waals surface area contributed by atoms with E-state index in [0.717, 1.165) is 11.1 Å². The summed E-state index contributed by atoms with van der Waals surface area (Å²) in [5, 5.41) is 3.08. The first kappa shape index (κ1) is 25.7. The minimum Gasteiger partial charge on any atom is -0.489 e. The number of Topliss-reactive ketones (excluding diaryl/α,β-unsaturated/α-hetero) is 2. The lowest BCUT2D eigenvalue weighted by molar-refractivity contribution is -0.122. The van der Waals surface area contributed by atoms with Gasteiger partial charge in [-0.3, -0.25) is 14.4 Å². The zero-order valence-corrected chi connectivity index (χ0v) is 22.8. The van der Waals surface area contributed by atoms with Gasteiger partial charge in [0.2, 0.25) is 5.91 Å². The lowest BCUT2D eigenvalue weighted by Gasteiger charge is -2.38. The van der Waals surface area contributed by atoms with E-state index in [1.165, 1.54) is 0 Å². The highest BCUT2D eigenvalue weighted by Crippen LogP contribution is 2.62. The van der Waals surface area contributed by atoms with Crippen molar-refractivity contribution in [1.82, 2.24) is 4.90 Å². The van der Waals surface area contributed by atoms with Gasteiger partial charge in [-0.05, 0) is 41.0 Å². The highest BCUT2D eigenvalue weighted by Gasteiger charge is 2.70. The number of fused-ring (bicyclic) bond motifs is 6. The van der Waals surface area contributed by atoms with Crippen LogP contribution in [0.15, 0.2) is 122 Å². The van der Waals surface area contributed by atoms with Gasteiger partial charge in [0.15, 0.2) is 11.6 Å². The summed E-state index contributed by atoms with van der Waals surface area (Å²) in [6.45, 7) is 3.95. The smallest absolute Gasteiger partial charge is 0.238 e. The van der Waals surface area contributed by atoms with E-state index >= 15 is 4.79 Å². The molecule has 4 aromatic rings. The number of carbonyl (C=O) groups is 3. The number of ether oxygens (including phenoxy) is 1. The lowest BCUT2D eigenvalue weighted by Crippen LogP contribution is -2.49. The maximum absolute atomic E-state index is 15.1. The van der Waals surface area contributed by atoms with E-state index in [1.54, 1.807) is 42.5 Å². The number of rotatable bonds is 7. The Labute approximate surface area is 243 Å². The second-order valence-corrected chi connectivity index (χ2v) is 10.8. The van der Waals surface area contributed by atoms with E-state index in [2.05, 4.69) is 11.9 Å². The summed E-state index contributed by atoms with van der Waals surface area (Å²) in [5.74, 6) is -1.52. The Morgan fingerprint density at radius 1 is 0.881 bits per heavy atom. The van der Waals surface area contributed by atoms with Gasteiger partial charge < -0.3 is 15.0 Å². The van der Waals surface area contributed by atoms with E-state index in [1.807, 2.05) is 83.9 Å². The third-order valence-electron chi connectivity index (χ3n) is 8.69. The van der Waals surface area contributed by atoms with Crippen LogP contribution in [0.2, 0.25) is 0 Å². The Bertz CT molecular complexity index is 1780. The van der Waals surface area contributed by atoms with Gasteiger partial charge in [0.1, 0.15) is 23.8 Å². The average Bonchev–Trinajstić information content (AvgIpc) is 3.52. The van der Waals surface area contributed by atoms with Gasteiger partial charge in [-0.1, -0.05) is 97.6 Å². The molecule has 3 heterocycles. The molecule has 6 nitrogen and oxygen atoms in total. The first-order valence-corrected chi connectivity index (χ1v) is 14.0. The molecule has 1 amide bonds. The summed E-state index contributed by atoms with van der Waals surface area (Å²) in [7, 11) is 0. The lowest BCUT2D eigenvalue weighted by atomic mass is 9.62. The zero-order valence-electron chi connectivity index (χ0n) is 22.8. The van der Waals surface area contributed by atoms with Crippen molar-refractivity contribution in [1.29, 1.82) is 0 Å². The van der Waals surface area contributed by atoms with Crippen LogP contribution in [-0.4, -0.2) is 35.0 Å². The number of ketones is 2. The summed E-state index contributed by atoms with van der Waals surface area (Å²) in [4.78, 5) is 46.1. The average molecular weight is 553 g/mol. The Hall–Kier alpha value is -5.23. The first-order chi connectivity index (χ1) is 20.6. The second kappa shape index (κ2) is 10.00. The van der Waals surface area contributed by atoms with Crippen LogP contribution in [0, 0.1) is 5.92 Å². The van der Waals surface area contributed by atoms with Crippen LogP contribution >= 0.6 is 0 Å². The third kappa shape index (κ3) is 3.61. The van der Waals surface area contributed by atoms with Crippen LogP contribution in [0.25, 0.3) is 6.08 Å². The Morgan fingerprint density at radius 2 is 1.60 bits per heavy atom. The quantitative estimate of drug-likeness (QED) is 0.217. The second-order valence-electron chi connectivity index (χ2n) is 10.8. The summed E-state index contributed by atoms with van der Waals surface area (Å²) in [6.07, 6.45) is 5.45. The fourth-order valence-electron chi connectivity index (χ4n) is 7.05. The number of hydrogen-bond acceptors (Lipinski definition) is 5. The minimum absolute atomic E-state index is 0.209. The molecule has 0 bridgehead atoms. The van der Waals surface area contributed by atoms with Crippen LogP contribution < -0.4 is 10.1 Å². The van der Waals surface area contributed by atoms with Gasteiger partial charge in [-0.15, -0.1) is 0 Å². The molecule has 4 atom stereocenters. The molecule has 0 saturated carbocycles. The van der Waals surface area contributed by atoms with Gasteiger partial charge in [-0.25, -0.2) is 0 Å². The van der Waals surface area contributed by atoms with Crippen molar-refractivity contribution < 1.29 is 19.1 Å². The maximum atomic E-state index is 15.1. The van der Waals surface area contributed by atoms with Crippen molar-refractivity contribution in [2.45, 2.75) is 17.5 Å². The number of amides is 1. The molecule has 0 aromatic heterocycles. The molecular formula is C36H28N2O4. The molecular weight excluding hydrogens is 524 g/mol. The van der Waals surface area contributed by atoms with Gasteiger partial charge in [0, 0.05) is 17.5 Å². The van der Waals surface area contributed by atoms with Crippen LogP contribution in [0.5, 0.6) is 5.75 Å². The molecule has 0 radical (unpaired) electrons. The highest BCUT2D eigenvalue weighted by atomic mass is 16.5. The number of nitrogens with zero attached hydrogens (tertiary/aromatic N) is 1. The molecule has 1 saturated heterocycles. The van der Waals surface area contributed by atoms with Gasteiger partial charge >= 0.3 is 0 Å². The van der Waals surface area contributed by atoms with Crippen molar-refractivity contribution in [3.63, 3.8) is 0 Å². The van der Waals surface area contributed by atoms with E-state index in [-0.39, 0.29) is 24.1 Å². The highest BCUT2D eigenvalue weighted by molar-refractivity contribution is 6.17. The first-order valence-electron chi connectivity index (χ1n) is 14.0. The summed E-state index contributed by atoms with van der Waals surface area (Å²) >= 11 is 0. The van der Waals surface area contributed by atoms with Crippen molar-refractivity contribution in [3.05, 3.63) is 150 Å². The molecule has 206 valence electrons. The largest absolute Gasteiger partial charge is 0.489 e. The number of para-hydroxylation sites is 2. The summed E-state index contributed by atoms with van der Waals surface area (Å²) in [5.41, 5.74) is 2.61. The molecule has 1 N–H and O–H groups in total. The number of benzene rings is 4. The molecule has 3 aliphatic rings. The zero-order chi connectivity index (χ0) is 28.8. The Kier molecular flexibility index (Phi) is 6.12. The van der Waals surface area contributed by atoms with E-state index in [0.29, 0.717) is 28.1 Å². The fraction of sp³-hybridized carbons (Fsp3) is 0.139. The van der Waals surface area contributed by atoms with Crippen molar-refractivity contribution >= 4 is 29.2 Å².